The Morgan fingerprint density at radius 1 is 1.24 bits per heavy atom. The number of piperidine rings is 1. The normalized spacial score (nSPS) is 19.4. The number of hydrogen-bond donors (Lipinski definition) is 1. The molecule has 2 fully saturated rings. The third-order valence-corrected chi connectivity index (χ3v) is 5.81. The fourth-order valence-electron chi connectivity index (χ4n) is 4.00. The van der Waals surface area contributed by atoms with Gasteiger partial charge in [0.25, 0.3) is 11.8 Å². The SMILES string of the molecule is O=C(c1cc(C2CC2)[nH]n1)N1CCCC(CCc2noc(-c3ccncc3)n2)C1. The van der Waals surface area contributed by atoms with Gasteiger partial charge < -0.3 is 9.42 Å². The summed E-state index contributed by atoms with van der Waals surface area (Å²) in [6.45, 7) is 1.56. The summed E-state index contributed by atoms with van der Waals surface area (Å²) < 4.78 is 5.37. The van der Waals surface area contributed by atoms with Gasteiger partial charge in [-0.05, 0) is 56.2 Å². The average Bonchev–Trinajstić information content (AvgIpc) is 3.31. The molecule has 0 bridgehead atoms. The minimum absolute atomic E-state index is 0.0392. The smallest absolute Gasteiger partial charge is 0.274 e. The largest absolute Gasteiger partial charge is 0.337 e. The molecule has 2 aliphatic rings. The number of rotatable bonds is 6. The molecule has 1 unspecified atom stereocenters. The molecule has 5 rings (SSSR count). The summed E-state index contributed by atoms with van der Waals surface area (Å²) in [5.74, 6) is 2.29. The second kappa shape index (κ2) is 7.77. The Bertz CT molecular complexity index is 978. The molecule has 1 saturated heterocycles. The molecule has 1 amide bonds. The molecule has 3 aromatic rings. The molecule has 1 atom stereocenters. The lowest BCUT2D eigenvalue weighted by atomic mass is 9.93. The third kappa shape index (κ3) is 4.06. The van der Waals surface area contributed by atoms with E-state index in [1.165, 1.54) is 12.8 Å². The number of aryl methyl sites for hydroxylation is 1. The summed E-state index contributed by atoms with van der Waals surface area (Å²) in [6.07, 6.45) is 9.63. The van der Waals surface area contributed by atoms with Crippen LogP contribution >= 0.6 is 0 Å². The number of hydrogen-bond acceptors (Lipinski definition) is 6. The van der Waals surface area contributed by atoms with Crippen LogP contribution in [0, 0.1) is 5.92 Å². The predicted octanol–water partition coefficient (Wildman–Crippen LogP) is 3.22. The van der Waals surface area contributed by atoms with Gasteiger partial charge in [0.15, 0.2) is 5.82 Å². The maximum Gasteiger partial charge on any atom is 0.274 e. The first-order chi connectivity index (χ1) is 14.3. The van der Waals surface area contributed by atoms with Crippen molar-refractivity contribution in [3.63, 3.8) is 0 Å². The highest BCUT2D eigenvalue weighted by molar-refractivity contribution is 5.92. The fourth-order valence-corrected chi connectivity index (χ4v) is 4.00. The number of pyridine rings is 1. The summed E-state index contributed by atoms with van der Waals surface area (Å²) in [6, 6.07) is 5.64. The average molecular weight is 392 g/mol. The number of nitrogens with zero attached hydrogens (tertiary/aromatic N) is 5. The minimum atomic E-state index is 0.0392. The number of carbonyl (C=O) groups is 1. The molecule has 1 aliphatic heterocycles. The zero-order chi connectivity index (χ0) is 19.6. The molecule has 3 aromatic heterocycles. The van der Waals surface area contributed by atoms with E-state index in [0.717, 1.165) is 50.0 Å². The Morgan fingerprint density at radius 2 is 2.10 bits per heavy atom. The highest BCUT2D eigenvalue weighted by Crippen LogP contribution is 2.39. The molecule has 8 heteroatoms. The van der Waals surface area contributed by atoms with E-state index in [0.29, 0.717) is 29.2 Å². The second-order valence-electron chi connectivity index (χ2n) is 8.03. The second-order valence-corrected chi connectivity index (χ2v) is 8.03. The standard InChI is InChI=1S/C21H24N6O2/c28-21(18-12-17(24-25-18)15-4-5-15)27-11-1-2-14(13-27)3-6-19-23-20(29-26-19)16-7-9-22-10-8-16/h7-10,12,14-15H,1-6,11,13H2,(H,24,25). The molecule has 0 aromatic carbocycles. The summed E-state index contributed by atoms with van der Waals surface area (Å²) in [5, 5.41) is 11.4. The van der Waals surface area contributed by atoms with E-state index < -0.39 is 0 Å². The summed E-state index contributed by atoms with van der Waals surface area (Å²) in [7, 11) is 0. The van der Waals surface area contributed by atoms with Crippen LogP contribution in [0.3, 0.4) is 0 Å². The first-order valence-electron chi connectivity index (χ1n) is 10.3. The van der Waals surface area contributed by atoms with Gasteiger partial charge in [0, 0.05) is 49.1 Å². The van der Waals surface area contributed by atoms with Gasteiger partial charge in [0.05, 0.1) is 0 Å². The van der Waals surface area contributed by atoms with Crippen molar-refractivity contribution in [2.75, 3.05) is 13.1 Å². The quantitative estimate of drug-likeness (QED) is 0.691. The lowest BCUT2D eigenvalue weighted by Crippen LogP contribution is -2.40. The number of aromatic nitrogens is 5. The first kappa shape index (κ1) is 18.0. The molecule has 1 aliphatic carbocycles. The number of likely N-dealkylation sites (tertiary alicyclic amines) is 1. The van der Waals surface area contributed by atoms with E-state index in [-0.39, 0.29) is 5.91 Å². The Morgan fingerprint density at radius 3 is 2.93 bits per heavy atom. The van der Waals surface area contributed by atoms with Crippen LogP contribution in [0.15, 0.2) is 35.1 Å². The van der Waals surface area contributed by atoms with Gasteiger partial charge >= 0.3 is 0 Å². The van der Waals surface area contributed by atoms with Gasteiger partial charge in [0.1, 0.15) is 5.69 Å². The van der Waals surface area contributed by atoms with Crippen molar-refractivity contribution in [1.29, 1.82) is 0 Å². The lowest BCUT2D eigenvalue weighted by Gasteiger charge is -2.32. The number of nitrogens with one attached hydrogen (secondary N) is 1. The molecular formula is C21H24N6O2. The van der Waals surface area contributed by atoms with Crippen molar-refractivity contribution >= 4 is 5.91 Å². The van der Waals surface area contributed by atoms with Crippen LogP contribution in [0.25, 0.3) is 11.5 Å². The van der Waals surface area contributed by atoms with Crippen molar-refractivity contribution in [1.82, 2.24) is 30.2 Å². The van der Waals surface area contributed by atoms with Gasteiger partial charge in [-0.2, -0.15) is 10.1 Å². The van der Waals surface area contributed by atoms with Crippen LogP contribution in [-0.2, 0) is 6.42 Å². The van der Waals surface area contributed by atoms with Crippen LogP contribution in [0.4, 0.5) is 0 Å². The zero-order valence-electron chi connectivity index (χ0n) is 16.3. The minimum Gasteiger partial charge on any atom is -0.337 e. The van der Waals surface area contributed by atoms with Crippen molar-refractivity contribution in [3.8, 4) is 11.5 Å². The van der Waals surface area contributed by atoms with E-state index in [1.807, 2.05) is 23.1 Å². The Labute approximate surface area is 168 Å². The van der Waals surface area contributed by atoms with Gasteiger partial charge in [-0.1, -0.05) is 5.16 Å². The van der Waals surface area contributed by atoms with Crippen molar-refractivity contribution in [3.05, 3.63) is 47.8 Å². The van der Waals surface area contributed by atoms with Crippen LogP contribution in [0.2, 0.25) is 0 Å². The first-order valence-corrected chi connectivity index (χ1v) is 10.3. The van der Waals surface area contributed by atoms with Crippen LogP contribution in [0.1, 0.15) is 60.0 Å². The fraction of sp³-hybridized carbons (Fsp3) is 0.476. The molecule has 1 saturated carbocycles. The lowest BCUT2D eigenvalue weighted by molar-refractivity contribution is 0.0662. The maximum absolute atomic E-state index is 12.8. The van der Waals surface area contributed by atoms with Crippen molar-refractivity contribution in [2.45, 2.75) is 44.4 Å². The molecule has 8 nitrogen and oxygen atoms in total. The summed E-state index contributed by atoms with van der Waals surface area (Å²) in [5.41, 5.74) is 2.52. The Balaban J connectivity index is 1.17. The van der Waals surface area contributed by atoms with Crippen LogP contribution in [-0.4, -0.2) is 49.2 Å². The van der Waals surface area contributed by atoms with Crippen molar-refractivity contribution < 1.29 is 9.32 Å². The molecule has 0 spiro atoms. The van der Waals surface area contributed by atoms with E-state index >= 15 is 0 Å². The molecular weight excluding hydrogens is 368 g/mol. The van der Waals surface area contributed by atoms with Gasteiger partial charge in [-0.25, -0.2) is 0 Å². The van der Waals surface area contributed by atoms with E-state index in [1.54, 1.807) is 12.4 Å². The van der Waals surface area contributed by atoms with E-state index in [4.69, 9.17) is 4.52 Å². The maximum atomic E-state index is 12.8. The van der Waals surface area contributed by atoms with Gasteiger partial charge in [-0.15, -0.1) is 0 Å². The highest BCUT2D eigenvalue weighted by atomic mass is 16.5. The van der Waals surface area contributed by atoms with Gasteiger partial charge in [0.2, 0.25) is 0 Å². The molecule has 1 N–H and O–H groups in total. The molecule has 4 heterocycles. The third-order valence-electron chi connectivity index (χ3n) is 5.81. The van der Waals surface area contributed by atoms with Crippen LogP contribution in [0.5, 0.6) is 0 Å². The van der Waals surface area contributed by atoms with E-state index in [2.05, 4.69) is 25.3 Å². The highest BCUT2D eigenvalue weighted by Gasteiger charge is 2.29. The number of aromatic amines is 1. The molecule has 150 valence electrons. The zero-order valence-corrected chi connectivity index (χ0v) is 16.3. The Hall–Kier alpha value is -3.03. The van der Waals surface area contributed by atoms with Crippen LogP contribution < -0.4 is 0 Å². The van der Waals surface area contributed by atoms with E-state index in [9.17, 15) is 4.79 Å². The molecule has 29 heavy (non-hydrogen) atoms. The monoisotopic (exact) mass is 392 g/mol. The Kier molecular flexibility index (Phi) is 4.83. The number of amides is 1. The predicted molar refractivity (Wildman–Crippen MR) is 105 cm³/mol. The number of carbonyl (C=O) groups excluding carboxylic acids is 1. The van der Waals surface area contributed by atoms with Gasteiger partial charge in [-0.3, -0.25) is 14.9 Å². The van der Waals surface area contributed by atoms with Crippen molar-refractivity contribution in [2.24, 2.45) is 5.92 Å². The summed E-state index contributed by atoms with van der Waals surface area (Å²) in [4.78, 5) is 23.3. The topological polar surface area (TPSA) is 101 Å². The summed E-state index contributed by atoms with van der Waals surface area (Å²) >= 11 is 0. The molecule has 0 radical (unpaired) electrons. The number of H-pyrrole nitrogens is 1.